The third-order valence-corrected chi connectivity index (χ3v) is 3.48. The molecule has 0 saturated carbocycles. The zero-order valence-electron chi connectivity index (χ0n) is 9.35. The number of fused-ring (bicyclic) bond motifs is 4. The van der Waals surface area contributed by atoms with Crippen LogP contribution in [0.25, 0.3) is 6.08 Å². The Morgan fingerprint density at radius 3 is 2.88 bits per heavy atom. The van der Waals surface area contributed by atoms with Crippen molar-refractivity contribution in [1.29, 1.82) is 0 Å². The largest absolute Gasteiger partial charge is 0.247 e. The molecule has 4 rings (SSSR count). The van der Waals surface area contributed by atoms with E-state index in [9.17, 15) is 0 Å². The summed E-state index contributed by atoms with van der Waals surface area (Å²) in [6.45, 7) is 0. The summed E-state index contributed by atoms with van der Waals surface area (Å²) in [6.07, 6.45) is 7.47. The highest BCUT2D eigenvalue weighted by Gasteiger charge is 2.10. The van der Waals surface area contributed by atoms with E-state index in [0.717, 1.165) is 11.8 Å². The van der Waals surface area contributed by atoms with Gasteiger partial charge in [-0.15, -0.1) is 0 Å². The second kappa shape index (κ2) is 3.17. The molecule has 2 aliphatic rings. The molecule has 2 aromatic carbocycles. The molecule has 0 radical (unpaired) electrons. The molecule has 0 spiro atoms. The van der Waals surface area contributed by atoms with Crippen LogP contribution in [0.15, 0.2) is 53.5 Å². The summed E-state index contributed by atoms with van der Waals surface area (Å²) in [5.74, 6) is 0. The van der Waals surface area contributed by atoms with Crippen molar-refractivity contribution in [3.8, 4) is 0 Å². The van der Waals surface area contributed by atoms with Gasteiger partial charge in [0.25, 0.3) is 0 Å². The van der Waals surface area contributed by atoms with Crippen LogP contribution in [-0.2, 0) is 6.42 Å². The first-order chi connectivity index (χ1) is 8.43. The van der Waals surface area contributed by atoms with E-state index in [2.05, 4.69) is 48.6 Å². The number of allylic oxidation sites excluding steroid dienone is 2. The minimum Gasteiger partial charge on any atom is -0.247 e. The zero-order chi connectivity index (χ0) is 11.2. The van der Waals surface area contributed by atoms with Gasteiger partial charge in [-0.05, 0) is 23.3 Å². The van der Waals surface area contributed by atoms with Crippen molar-refractivity contribution in [3.63, 3.8) is 0 Å². The summed E-state index contributed by atoms with van der Waals surface area (Å²) < 4.78 is 0. The van der Waals surface area contributed by atoms with E-state index in [-0.39, 0.29) is 0 Å². The highest BCUT2D eigenvalue weighted by atomic mass is 14.7. The molecule has 0 unspecified atom stereocenters. The average Bonchev–Trinajstić information content (AvgIpc) is 2.78. The predicted molar refractivity (Wildman–Crippen MR) is 68.3 cm³/mol. The van der Waals surface area contributed by atoms with Gasteiger partial charge in [0, 0.05) is 10.4 Å². The van der Waals surface area contributed by atoms with Gasteiger partial charge in [0.15, 0.2) is 0 Å². The smallest absolute Gasteiger partial charge is 0.0757 e. The maximum Gasteiger partial charge on any atom is 0.0757 e. The van der Waals surface area contributed by atoms with Gasteiger partial charge in [-0.3, -0.25) is 0 Å². The molecule has 1 aliphatic carbocycles. The summed E-state index contributed by atoms with van der Waals surface area (Å²) in [5, 5.41) is 4.95. The van der Waals surface area contributed by atoms with Gasteiger partial charge < -0.3 is 0 Å². The Bertz CT molecular complexity index is 857. The molecule has 0 atom stereocenters. The van der Waals surface area contributed by atoms with E-state index in [0.29, 0.717) is 0 Å². The summed E-state index contributed by atoms with van der Waals surface area (Å²) >= 11 is 0. The van der Waals surface area contributed by atoms with Crippen molar-refractivity contribution >= 4 is 11.8 Å². The van der Waals surface area contributed by atoms with Crippen molar-refractivity contribution in [2.24, 2.45) is 4.99 Å². The van der Waals surface area contributed by atoms with Crippen LogP contribution in [0.3, 0.4) is 0 Å². The van der Waals surface area contributed by atoms with Crippen molar-refractivity contribution < 1.29 is 0 Å². The van der Waals surface area contributed by atoms with Gasteiger partial charge in [-0.1, -0.05) is 48.6 Å². The van der Waals surface area contributed by atoms with Crippen LogP contribution in [0.1, 0.15) is 5.56 Å². The second-order valence-corrected chi connectivity index (χ2v) is 4.46. The molecular weight excluding hydrogens is 206 g/mol. The summed E-state index contributed by atoms with van der Waals surface area (Å²) in [4.78, 5) is 4.77. The molecule has 1 aliphatic heterocycles. The molecule has 1 heteroatoms. The minimum absolute atomic E-state index is 0.993. The molecule has 0 N–H and O–H groups in total. The van der Waals surface area contributed by atoms with Crippen molar-refractivity contribution in [3.05, 3.63) is 75.1 Å². The van der Waals surface area contributed by atoms with E-state index >= 15 is 0 Å². The number of hydrogen-bond acceptors (Lipinski definition) is 1. The zero-order valence-corrected chi connectivity index (χ0v) is 9.35. The maximum absolute atomic E-state index is 4.77. The van der Waals surface area contributed by atoms with E-state index in [1.54, 1.807) is 0 Å². The lowest BCUT2D eigenvalue weighted by molar-refractivity contribution is 1.20. The Morgan fingerprint density at radius 2 is 1.88 bits per heavy atom. The Labute approximate surface area is 98.8 Å². The molecule has 0 fully saturated rings. The van der Waals surface area contributed by atoms with Crippen LogP contribution in [0, 0.1) is 10.4 Å². The number of para-hydroxylation sites is 1. The molecule has 0 amide bonds. The summed E-state index contributed by atoms with van der Waals surface area (Å²) in [5.41, 5.74) is 2.53. The van der Waals surface area contributed by atoms with Crippen LogP contribution in [0.5, 0.6) is 0 Å². The number of hydrogen-bond donors (Lipinski definition) is 0. The SMILES string of the molecule is C1=CCc2c3c(ccc2=C1)=c1ccccc1=N3. The lowest BCUT2D eigenvalue weighted by Crippen LogP contribution is -2.10. The van der Waals surface area contributed by atoms with Gasteiger partial charge in [-0.25, -0.2) is 4.99 Å². The molecule has 17 heavy (non-hydrogen) atoms. The number of benzene rings is 2. The number of nitrogens with zero attached hydrogens (tertiary/aromatic N) is 1. The third-order valence-electron chi connectivity index (χ3n) is 3.48. The predicted octanol–water partition coefficient (Wildman–Crippen LogP) is 2.13. The van der Waals surface area contributed by atoms with Crippen LogP contribution in [0.2, 0.25) is 0 Å². The Kier molecular flexibility index (Phi) is 1.67. The average molecular weight is 217 g/mol. The van der Waals surface area contributed by atoms with Gasteiger partial charge in [0.2, 0.25) is 0 Å². The van der Waals surface area contributed by atoms with E-state index < -0.39 is 0 Å². The normalized spacial score (nSPS) is 14.4. The van der Waals surface area contributed by atoms with Crippen LogP contribution in [-0.4, -0.2) is 0 Å². The van der Waals surface area contributed by atoms with Crippen LogP contribution >= 0.6 is 0 Å². The third kappa shape index (κ3) is 1.17. The fourth-order valence-electron chi connectivity index (χ4n) is 2.64. The van der Waals surface area contributed by atoms with Gasteiger partial charge in [0.05, 0.1) is 11.0 Å². The fraction of sp³-hybridized carbons (Fsp3) is 0.0625. The molecule has 0 saturated heterocycles. The molecule has 2 aromatic rings. The van der Waals surface area contributed by atoms with E-state index in [4.69, 9.17) is 4.99 Å². The Balaban J connectivity index is 2.27. The van der Waals surface area contributed by atoms with Gasteiger partial charge in [0.1, 0.15) is 0 Å². The molecule has 0 bridgehead atoms. The first kappa shape index (κ1) is 8.94. The maximum atomic E-state index is 4.77. The monoisotopic (exact) mass is 217 g/mol. The lowest BCUT2D eigenvalue weighted by Gasteiger charge is -2.06. The first-order valence-electron chi connectivity index (χ1n) is 5.90. The molecular formula is C16H11N. The van der Waals surface area contributed by atoms with Crippen molar-refractivity contribution in [2.75, 3.05) is 0 Å². The fourth-order valence-corrected chi connectivity index (χ4v) is 2.64. The molecule has 1 nitrogen and oxygen atoms in total. The quantitative estimate of drug-likeness (QED) is 0.547. The van der Waals surface area contributed by atoms with Crippen molar-refractivity contribution in [1.82, 2.24) is 0 Å². The van der Waals surface area contributed by atoms with Gasteiger partial charge in [-0.2, -0.15) is 0 Å². The van der Waals surface area contributed by atoms with Crippen LogP contribution in [0.4, 0.5) is 5.69 Å². The second-order valence-electron chi connectivity index (χ2n) is 4.46. The molecule has 0 aromatic heterocycles. The van der Waals surface area contributed by atoms with E-state index in [1.165, 1.54) is 26.9 Å². The Hall–Kier alpha value is -2.15. The highest BCUT2D eigenvalue weighted by molar-refractivity contribution is 5.57. The number of rotatable bonds is 0. The first-order valence-corrected chi connectivity index (χ1v) is 5.90. The Morgan fingerprint density at radius 1 is 0.941 bits per heavy atom. The van der Waals surface area contributed by atoms with E-state index in [1.807, 2.05) is 6.07 Å². The highest BCUT2D eigenvalue weighted by Crippen LogP contribution is 2.22. The topological polar surface area (TPSA) is 12.4 Å². The summed E-state index contributed by atoms with van der Waals surface area (Å²) in [6, 6.07) is 12.8. The standard InChI is InChI=1S/C16H11N/c1-2-6-12-11(5-1)9-10-14-13-7-3-4-8-15(13)17-16(12)14/h1-5,7-10H,6H2. The van der Waals surface area contributed by atoms with Gasteiger partial charge >= 0.3 is 0 Å². The van der Waals surface area contributed by atoms with Crippen LogP contribution < -0.4 is 10.6 Å². The molecule has 1 heterocycles. The van der Waals surface area contributed by atoms with Crippen molar-refractivity contribution in [2.45, 2.75) is 6.42 Å². The minimum atomic E-state index is 0.993. The lowest BCUT2D eigenvalue weighted by atomic mass is 10.0. The summed E-state index contributed by atoms with van der Waals surface area (Å²) in [7, 11) is 0. The molecule has 80 valence electrons.